The van der Waals surface area contributed by atoms with Crippen LogP contribution < -0.4 is 10.6 Å². The number of carbonyl (C=O) groups excluding carboxylic acids is 2. The fourth-order valence-corrected chi connectivity index (χ4v) is 2.20. The standard InChI is InChI=1S/C19H21FN2O3/c1-13(2)17(18(23)21-16-11-7-6-10-15(16)20)22-19(24)25-12-14-8-4-3-5-9-14/h3-11,13,17H,12H2,1-2H3,(H,21,23)(H,22,24). The van der Waals surface area contributed by atoms with Crippen molar-refractivity contribution in [1.82, 2.24) is 5.32 Å². The van der Waals surface area contributed by atoms with Crippen molar-refractivity contribution >= 4 is 17.7 Å². The molecule has 132 valence electrons. The second kappa shape index (κ2) is 8.82. The van der Waals surface area contributed by atoms with Gasteiger partial charge in [-0.05, 0) is 23.6 Å². The van der Waals surface area contributed by atoms with Crippen LogP contribution in [0.25, 0.3) is 0 Å². The first-order valence-electron chi connectivity index (χ1n) is 8.00. The Kier molecular flexibility index (Phi) is 6.51. The summed E-state index contributed by atoms with van der Waals surface area (Å²) in [6, 6.07) is 14.2. The van der Waals surface area contributed by atoms with Crippen LogP contribution in [-0.4, -0.2) is 18.0 Å². The molecule has 0 aromatic heterocycles. The summed E-state index contributed by atoms with van der Waals surface area (Å²) >= 11 is 0. The van der Waals surface area contributed by atoms with Crippen molar-refractivity contribution in [2.45, 2.75) is 26.5 Å². The van der Waals surface area contributed by atoms with E-state index in [1.54, 1.807) is 19.9 Å². The SMILES string of the molecule is CC(C)C(NC(=O)OCc1ccccc1)C(=O)Nc1ccccc1F. The van der Waals surface area contributed by atoms with Crippen LogP contribution in [0.1, 0.15) is 19.4 Å². The molecule has 1 unspecified atom stereocenters. The Hall–Kier alpha value is -2.89. The van der Waals surface area contributed by atoms with Crippen molar-refractivity contribution in [3.8, 4) is 0 Å². The van der Waals surface area contributed by atoms with Crippen molar-refractivity contribution in [3.05, 3.63) is 66.0 Å². The zero-order valence-electron chi connectivity index (χ0n) is 14.2. The molecule has 2 aromatic carbocycles. The zero-order valence-corrected chi connectivity index (χ0v) is 14.2. The first-order chi connectivity index (χ1) is 12.0. The van der Waals surface area contributed by atoms with Crippen molar-refractivity contribution in [2.24, 2.45) is 5.92 Å². The molecule has 5 nitrogen and oxygen atoms in total. The third-order valence-electron chi connectivity index (χ3n) is 3.57. The maximum absolute atomic E-state index is 13.7. The average Bonchev–Trinajstić information content (AvgIpc) is 2.60. The zero-order chi connectivity index (χ0) is 18.2. The smallest absolute Gasteiger partial charge is 0.408 e. The second-order valence-electron chi connectivity index (χ2n) is 5.90. The molecule has 0 saturated heterocycles. The molecule has 6 heteroatoms. The van der Waals surface area contributed by atoms with E-state index in [2.05, 4.69) is 10.6 Å². The second-order valence-corrected chi connectivity index (χ2v) is 5.90. The Labute approximate surface area is 146 Å². The van der Waals surface area contributed by atoms with Gasteiger partial charge in [0.2, 0.25) is 5.91 Å². The number of hydrogen-bond acceptors (Lipinski definition) is 3. The lowest BCUT2D eigenvalue weighted by molar-refractivity contribution is -0.119. The van der Waals surface area contributed by atoms with Crippen LogP contribution in [0.2, 0.25) is 0 Å². The normalized spacial score (nSPS) is 11.7. The number of rotatable bonds is 6. The Morgan fingerprint density at radius 2 is 1.68 bits per heavy atom. The Morgan fingerprint density at radius 3 is 2.32 bits per heavy atom. The summed E-state index contributed by atoms with van der Waals surface area (Å²) in [5, 5.41) is 5.02. The molecule has 0 spiro atoms. The summed E-state index contributed by atoms with van der Waals surface area (Å²) in [6.07, 6.45) is -0.703. The summed E-state index contributed by atoms with van der Waals surface area (Å²) < 4.78 is 18.8. The van der Waals surface area contributed by atoms with E-state index in [1.165, 1.54) is 18.2 Å². The quantitative estimate of drug-likeness (QED) is 0.839. The highest BCUT2D eigenvalue weighted by Crippen LogP contribution is 2.14. The summed E-state index contributed by atoms with van der Waals surface area (Å²) in [4.78, 5) is 24.3. The summed E-state index contributed by atoms with van der Waals surface area (Å²) in [5.74, 6) is -1.24. The van der Waals surface area contributed by atoms with E-state index in [0.29, 0.717) is 0 Å². The number of amides is 2. The van der Waals surface area contributed by atoms with Crippen LogP contribution in [0, 0.1) is 11.7 Å². The number of hydrogen-bond donors (Lipinski definition) is 2. The molecule has 0 saturated carbocycles. The van der Waals surface area contributed by atoms with Gasteiger partial charge in [0.05, 0.1) is 5.69 Å². The maximum atomic E-state index is 13.7. The molecule has 0 heterocycles. The van der Waals surface area contributed by atoms with Crippen molar-refractivity contribution in [2.75, 3.05) is 5.32 Å². The lowest BCUT2D eigenvalue weighted by atomic mass is 10.0. The molecule has 0 aliphatic carbocycles. The van der Waals surface area contributed by atoms with Gasteiger partial charge in [-0.2, -0.15) is 0 Å². The van der Waals surface area contributed by atoms with Crippen LogP contribution in [0.5, 0.6) is 0 Å². The molecular weight excluding hydrogens is 323 g/mol. The van der Waals surface area contributed by atoms with Gasteiger partial charge in [-0.25, -0.2) is 9.18 Å². The number of carbonyl (C=O) groups is 2. The van der Waals surface area contributed by atoms with Crippen LogP contribution in [0.4, 0.5) is 14.9 Å². The van der Waals surface area contributed by atoms with E-state index in [-0.39, 0.29) is 18.2 Å². The molecule has 1 atom stereocenters. The fourth-order valence-electron chi connectivity index (χ4n) is 2.20. The van der Waals surface area contributed by atoms with E-state index in [1.807, 2.05) is 30.3 Å². The predicted octanol–water partition coefficient (Wildman–Crippen LogP) is 3.72. The molecule has 0 bridgehead atoms. The van der Waals surface area contributed by atoms with Gasteiger partial charge in [0.15, 0.2) is 0 Å². The molecular formula is C19H21FN2O3. The largest absolute Gasteiger partial charge is 0.445 e. The van der Waals surface area contributed by atoms with Crippen LogP contribution in [0.15, 0.2) is 54.6 Å². The van der Waals surface area contributed by atoms with E-state index >= 15 is 0 Å². The molecule has 0 aliphatic rings. The van der Waals surface area contributed by atoms with E-state index in [0.717, 1.165) is 5.56 Å². The number of ether oxygens (including phenoxy) is 1. The minimum atomic E-state index is -0.845. The van der Waals surface area contributed by atoms with E-state index < -0.39 is 23.9 Å². The summed E-state index contributed by atoms with van der Waals surface area (Å²) in [7, 11) is 0. The third-order valence-corrected chi connectivity index (χ3v) is 3.57. The van der Waals surface area contributed by atoms with Crippen LogP contribution in [-0.2, 0) is 16.1 Å². The van der Waals surface area contributed by atoms with Crippen molar-refractivity contribution in [1.29, 1.82) is 0 Å². The molecule has 0 aliphatic heterocycles. The molecule has 0 radical (unpaired) electrons. The lowest BCUT2D eigenvalue weighted by Crippen LogP contribution is -2.47. The third kappa shape index (κ3) is 5.60. The number of anilines is 1. The average molecular weight is 344 g/mol. The molecule has 2 N–H and O–H groups in total. The molecule has 2 amide bonds. The van der Waals surface area contributed by atoms with Crippen LogP contribution in [0.3, 0.4) is 0 Å². The highest BCUT2D eigenvalue weighted by atomic mass is 19.1. The Morgan fingerprint density at radius 1 is 1.04 bits per heavy atom. The van der Waals surface area contributed by atoms with Gasteiger partial charge in [0.1, 0.15) is 18.5 Å². The minimum absolute atomic E-state index is 0.0672. The van der Waals surface area contributed by atoms with Gasteiger partial charge in [0.25, 0.3) is 0 Å². The Balaban J connectivity index is 1.94. The first-order valence-corrected chi connectivity index (χ1v) is 8.00. The molecule has 2 rings (SSSR count). The van der Waals surface area contributed by atoms with Crippen LogP contribution >= 0.6 is 0 Å². The fraction of sp³-hybridized carbons (Fsp3) is 0.263. The summed E-state index contributed by atoms with van der Waals surface area (Å²) in [6.45, 7) is 3.67. The van der Waals surface area contributed by atoms with Gasteiger partial charge in [-0.1, -0.05) is 56.3 Å². The van der Waals surface area contributed by atoms with Gasteiger partial charge < -0.3 is 15.4 Å². The number of nitrogens with one attached hydrogen (secondary N) is 2. The van der Waals surface area contributed by atoms with E-state index in [9.17, 15) is 14.0 Å². The number of halogens is 1. The topological polar surface area (TPSA) is 67.4 Å². The predicted molar refractivity (Wildman–Crippen MR) is 93.4 cm³/mol. The van der Waals surface area contributed by atoms with Crippen molar-refractivity contribution < 1.29 is 18.7 Å². The number of benzene rings is 2. The van der Waals surface area contributed by atoms with Gasteiger partial charge >= 0.3 is 6.09 Å². The highest BCUT2D eigenvalue weighted by Gasteiger charge is 2.25. The molecule has 2 aromatic rings. The van der Waals surface area contributed by atoms with Crippen molar-refractivity contribution in [3.63, 3.8) is 0 Å². The Bertz CT molecular complexity index is 720. The lowest BCUT2D eigenvalue weighted by Gasteiger charge is -2.21. The van der Waals surface area contributed by atoms with Gasteiger partial charge in [-0.3, -0.25) is 4.79 Å². The maximum Gasteiger partial charge on any atom is 0.408 e. The molecule has 0 fully saturated rings. The molecule has 25 heavy (non-hydrogen) atoms. The number of alkyl carbamates (subject to hydrolysis) is 1. The van der Waals surface area contributed by atoms with E-state index in [4.69, 9.17) is 4.74 Å². The number of para-hydroxylation sites is 1. The minimum Gasteiger partial charge on any atom is -0.445 e. The summed E-state index contributed by atoms with van der Waals surface area (Å²) in [5.41, 5.74) is 0.909. The van der Waals surface area contributed by atoms with Gasteiger partial charge in [-0.15, -0.1) is 0 Å². The monoisotopic (exact) mass is 344 g/mol. The van der Waals surface area contributed by atoms with Gasteiger partial charge in [0, 0.05) is 0 Å². The first kappa shape index (κ1) is 18.4. The highest BCUT2D eigenvalue weighted by molar-refractivity contribution is 5.96.